The molecular weight excluding hydrogens is 278 g/mol. The Balaban J connectivity index is 1.85. The van der Waals surface area contributed by atoms with Gasteiger partial charge in [0.15, 0.2) is 0 Å². The molecule has 0 radical (unpaired) electrons. The van der Waals surface area contributed by atoms with Crippen LogP contribution in [0.5, 0.6) is 11.5 Å². The molecular formula is C18H21NO3. The summed E-state index contributed by atoms with van der Waals surface area (Å²) in [4.78, 5) is 11.9. The van der Waals surface area contributed by atoms with Crippen molar-refractivity contribution in [2.24, 2.45) is 0 Å². The molecule has 0 fully saturated rings. The third kappa shape index (κ3) is 4.81. The molecule has 22 heavy (non-hydrogen) atoms. The second-order valence-electron chi connectivity index (χ2n) is 4.98. The molecule has 0 saturated carbocycles. The van der Waals surface area contributed by atoms with Gasteiger partial charge in [-0.15, -0.1) is 0 Å². The standard InChI is InChI=1S/C18H21NO3/c1-21-16-10-15(11-17(12-16)22-2)8-9-18(20)19-13-14-6-4-3-5-7-14/h3-7,10-12H,8-9,13H2,1-2H3,(H,19,20). The zero-order valence-corrected chi connectivity index (χ0v) is 13.0. The second kappa shape index (κ2) is 8.08. The fourth-order valence-corrected chi connectivity index (χ4v) is 2.15. The first-order valence-electron chi connectivity index (χ1n) is 7.24. The van der Waals surface area contributed by atoms with Crippen LogP contribution in [0.25, 0.3) is 0 Å². The van der Waals surface area contributed by atoms with E-state index < -0.39 is 0 Å². The van der Waals surface area contributed by atoms with E-state index in [1.54, 1.807) is 14.2 Å². The molecule has 0 aliphatic heterocycles. The van der Waals surface area contributed by atoms with Gasteiger partial charge in [-0.3, -0.25) is 4.79 Å². The Hall–Kier alpha value is -2.49. The van der Waals surface area contributed by atoms with Gasteiger partial charge in [-0.1, -0.05) is 30.3 Å². The molecule has 0 aromatic heterocycles. The van der Waals surface area contributed by atoms with Crippen molar-refractivity contribution in [2.75, 3.05) is 14.2 Å². The van der Waals surface area contributed by atoms with E-state index in [2.05, 4.69) is 5.32 Å². The molecule has 4 nitrogen and oxygen atoms in total. The van der Waals surface area contributed by atoms with Crippen LogP contribution in [0.1, 0.15) is 17.5 Å². The van der Waals surface area contributed by atoms with Crippen molar-refractivity contribution in [1.29, 1.82) is 0 Å². The highest BCUT2D eigenvalue weighted by Gasteiger charge is 2.06. The Morgan fingerprint density at radius 1 is 0.955 bits per heavy atom. The molecule has 1 N–H and O–H groups in total. The maximum atomic E-state index is 11.9. The van der Waals surface area contributed by atoms with Crippen LogP contribution < -0.4 is 14.8 Å². The van der Waals surface area contributed by atoms with Crippen molar-refractivity contribution in [3.63, 3.8) is 0 Å². The number of ether oxygens (including phenoxy) is 2. The molecule has 4 heteroatoms. The maximum absolute atomic E-state index is 11.9. The lowest BCUT2D eigenvalue weighted by atomic mass is 10.1. The second-order valence-corrected chi connectivity index (χ2v) is 4.98. The summed E-state index contributed by atoms with van der Waals surface area (Å²) in [7, 11) is 3.23. The van der Waals surface area contributed by atoms with Gasteiger partial charge in [0.1, 0.15) is 11.5 Å². The first-order valence-corrected chi connectivity index (χ1v) is 7.24. The molecule has 0 saturated heterocycles. The van der Waals surface area contributed by atoms with Crippen molar-refractivity contribution in [3.8, 4) is 11.5 Å². The van der Waals surface area contributed by atoms with Gasteiger partial charge in [-0.05, 0) is 29.7 Å². The largest absolute Gasteiger partial charge is 0.497 e. The minimum atomic E-state index is 0.0330. The van der Waals surface area contributed by atoms with Crippen molar-refractivity contribution in [1.82, 2.24) is 5.32 Å². The summed E-state index contributed by atoms with van der Waals surface area (Å²) in [5.74, 6) is 1.50. The van der Waals surface area contributed by atoms with Crippen LogP contribution in [0.15, 0.2) is 48.5 Å². The fraction of sp³-hybridized carbons (Fsp3) is 0.278. The molecule has 1 amide bonds. The minimum absolute atomic E-state index is 0.0330. The molecule has 0 aliphatic carbocycles. The Labute approximate surface area is 131 Å². The number of aryl methyl sites for hydroxylation is 1. The Morgan fingerprint density at radius 3 is 2.18 bits per heavy atom. The van der Waals surface area contributed by atoms with Gasteiger partial charge in [0, 0.05) is 19.0 Å². The molecule has 116 valence electrons. The lowest BCUT2D eigenvalue weighted by molar-refractivity contribution is -0.121. The molecule has 0 bridgehead atoms. The highest BCUT2D eigenvalue weighted by molar-refractivity contribution is 5.76. The van der Waals surface area contributed by atoms with Crippen molar-refractivity contribution >= 4 is 5.91 Å². The van der Waals surface area contributed by atoms with E-state index in [1.165, 1.54) is 0 Å². The number of nitrogens with one attached hydrogen (secondary N) is 1. The zero-order valence-electron chi connectivity index (χ0n) is 13.0. The monoisotopic (exact) mass is 299 g/mol. The predicted octanol–water partition coefficient (Wildman–Crippen LogP) is 2.95. The molecule has 0 aliphatic rings. The predicted molar refractivity (Wildman–Crippen MR) is 86.2 cm³/mol. The van der Waals surface area contributed by atoms with E-state index in [1.807, 2.05) is 48.5 Å². The number of benzene rings is 2. The van der Waals surface area contributed by atoms with E-state index >= 15 is 0 Å². The maximum Gasteiger partial charge on any atom is 0.220 e. The van der Waals surface area contributed by atoms with Crippen LogP contribution in [-0.4, -0.2) is 20.1 Å². The van der Waals surface area contributed by atoms with Gasteiger partial charge in [0.05, 0.1) is 14.2 Å². The first-order chi connectivity index (χ1) is 10.7. The van der Waals surface area contributed by atoms with E-state index in [-0.39, 0.29) is 5.91 Å². The number of carbonyl (C=O) groups excluding carboxylic acids is 1. The van der Waals surface area contributed by atoms with Gasteiger partial charge in [-0.25, -0.2) is 0 Å². The summed E-state index contributed by atoms with van der Waals surface area (Å²) < 4.78 is 10.5. The lowest BCUT2D eigenvalue weighted by Gasteiger charge is -2.09. The summed E-state index contributed by atoms with van der Waals surface area (Å²) in [5.41, 5.74) is 2.12. The number of methoxy groups -OCH3 is 2. The lowest BCUT2D eigenvalue weighted by Crippen LogP contribution is -2.22. The number of amides is 1. The van der Waals surface area contributed by atoms with Gasteiger partial charge in [-0.2, -0.15) is 0 Å². The molecule has 0 heterocycles. The quantitative estimate of drug-likeness (QED) is 0.855. The number of hydrogen-bond donors (Lipinski definition) is 1. The van der Waals surface area contributed by atoms with Crippen molar-refractivity contribution in [3.05, 3.63) is 59.7 Å². The topological polar surface area (TPSA) is 47.6 Å². The third-order valence-electron chi connectivity index (χ3n) is 3.38. The van der Waals surface area contributed by atoms with E-state index in [4.69, 9.17) is 9.47 Å². The summed E-state index contributed by atoms with van der Waals surface area (Å²) >= 11 is 0. The van der Waals surface area contributed by atoms with Crippen molar-refractivity contribution in [2.45, 2.75) is 19.4 Å². The molecule has 0 unspecified atom stereocenters. The van der Waals surface area contributed by atoms with Gasteiger partial charge < -0.3 is 14.8 Å². The average molecular weight is 299 g/mol. The smallest absolute Gasteiger partial charge is 0.220 e. The Bertz CT molecular complexity index is 589. The zero-order chi connectivity index (χ0) is 15.8. The summed E-state index contributed by atoms with van der Waals surface area (Å²) in [6.45, 7) is 0.557. The van der Waals surface area contributed by atoms with Crippen LogP contribution in [-0.2, 0) is 17.8 Å². The molecule has 2 aromatic carbocycles. The molecule has 0 spiro atoms. The molecule has 0 atom stereocenters. The van der Waals surface area contributed by atoms with Crippen LogP contribution in [0.3, 0.4) is 0 Å². The van der Waals surface area contributed by atoms with Crippen molar-refractivity contribution < 1.29 is 14.3 Å². The highest BCUT2D eigenvalue weighted by atomic mass is 16.5. The van der Waals surface area contributed by atoms with E-state index in [0.29, 0.717) is 19.4 Å². The number of rotatable bonds is 7. The van der Waals surface area contributed by atoms with Gasteiger partial charge in [0.25, 0.3) is 0 Å². The van der Waals surface area contributed by atoms with Crippen LogP contribution in [0, 0.1) is 0 Å². The van der Waals surface area contributed by atoms with Crippen LogP contribution in [0.4, 0.5) is 0 Å². The Kier molecular flexibility index (Phi) is 5.83. The highest BCUT2D eigenvalue weighted by Crippen LogP contribution is 2.23. The first kappa shape index (κ1) is 15.9. The van der Waals surface area contributed by atoms with Gasteiger partial charge in [0.2, 0.25) is 5.91 Å². The average Bonchev–Trinajstić information content (AvgIpc) is 2.58. The van der Waals surface area contributed by atoms with Gasteiger partial charge >= 0.3 is 0 Å². The fourth-order valence-electron chi connectivity index (χ4n) is 2.15. The van der Waals surface area contributed by atoms with E-state index in [0.717, 1.165) is 22.6 Å². The summed E-state index contributed by atoms with van der Waals surface area (Å²) in [5, 5.41) is 2.92. The molecule has 2 aromatic rings. The Morgan fingerprint density at radius 2 is 1.59 bits per heavy atom. The molecule has 2 rings (SSSR count). The number of hydrogen-bond acceptors (Lipinski definition) is 3. The van der Waals surface area contributed by atoms with Crippen LogP contribution >= 0.6 is 0 Å². The summed E-state index contributed by atoms with van der Waals surface area (Å²) in [6.07, 6.45) is 1.08. The van der Waals surface area contributed by atoms with E-state index in [9.17, 15) is 4.79 Å². The SMILES string of the molecule is COc1cc(CCC(=O)NCc2ccccc2)cc(OC)c1. The number of carbonyl (C=O) groups is 1. The summed E-state index contributed by atoms with van der Waals surface area (Å²) in [6, 6.07) is 15.5. The van der Waals surface area contributed by atoms with Crippen LogP contribution in [0.2, 0.25) is 0 Å². The normalized spacial score (nSPS) is 10.1. The third-order valence-corrected chi connectivity index (χ3v) is 3.38. The minimum Gasteiger partial charge on any atom is -0.497 e.